The van der Waals surface area contributed by atoms with Crippen LogP contribution in [0.2, 0.25) is 5.02 Å². The summed E-state index contributed by atoms with van der Waals surface area (Å²) in [5.74, 6) is -1.07. The zero-order chi connectivity index (χ0) is 17.7. The molecule has 0 aliphatic heterocycles. The number of hydrogen-bond acceptors (Lipinski definition) is 4. The van der Waals surface area contributed by atoms with Gasteiger partial charge >= 0.3 is 5.97 Å². The maximum Gasteiger partial charge on any atom is 0.335 e. The van der Waals surface area contributed by atoms with E-state index in [9.17, 15) is 13.2 Å². The summed E-state index contributed by atoms with van der Waals surface area (Å²) < 4.78 is 26.8. The lowest BCUT2D eigenvalue weighted by Gasteiger charge is -2.10. The van der Waals surface area contributed by atoms with Crippen LogP contribution in [0.1, 0.15) is 15.9 Å². The molecule has 0 radical (unpaired) electrons. The number of anilines is 1. The number of benzene rings is 2. The Labute approximate surface area is 149 Å². The highest BCUT2D eigenvalue weighted by Gasteiger charge is 2.12. The van der Waals surface area contributed by atoms with Gasteiger partial charge in [0.2, 0.25) is 0 Å². The van der Waals surface area contributed by atoms with E-state index < -0.39 is 16.0 Å². The first-order chi connectivity index (χ1) is 11.3. The van der Waals surface area contributed by atoms with Crippen molar-refractivity contribution in [3.63, 3.8) is 0 Å². The van der Waals surface area contributed by atoms with Crippen LogP contribution in [0.5, 0.6) is 0 Å². The number of hydrogen-bond donors (Lipinski definition) is 2. The molecule has 24 heavy (non-hydrogen) atoms. The second-order valence-corrected chi connectivity index (χ2v) is 7.57. The van der Waals surface area contributed by atoms with Crippen molar-refractivity contribution in [3.05, 3.63) is 64.0 Å². The molecule has 0 aliphatic carbocycles. The minimum atomic E-state index is -3.73. The van der Waals surface area contributed by atoms with E-state index in [0.717, 1.165) is 5.41 Å². The molecule has 126 valence electrons. The Bertz CT molecular complexity index is 877. The van der Waals surface area contributed by atoms with Gasteiger partial charge in [-0.2, -0.15) is 0 Å². The molecule has 0 saturated heterocycles. The molecule has 0 aliphatic rings. The number of carboxylic acids is 1. The normalized spacial score (nSPS) is 11.6. The maximum atomic E-state index is 12.2. The largest absolute Gasteiger partial charge is 0.478 e. The lowest BCUT2D eigenvalue weighted by atomic mass is 10.2. The molecular weight excluding hydrogens is 370 g/mol. The quantitative estimate of drug-likeness (QED) is 0.731. The first-order valence-electron chi connectivity index (χ1n) is 6.68. The van der Waals surface area contributed by atoms with Crippen molar-refractivity contribution in [2.75, 3.05) is 11.0 Å². The average molecular weight is 384 g/mol. The number of halogens is 1. The molecule has 2 N–H and O–H groups in total. The van der Waals surface area contributed by atoms with E-state index in [4.69, 9.17) is 16.7 Å². The molecule has 0 spiro atoms. The van der Waals surface area contributed by atoms with Crippen molar-refractivity contribution in [1.82, 2.24) is 0 Å². The molecule has 0 amide bonds. The molecule has 0 bridgehead atoms. The Hall–Kier alpha value is -1.96. The third kappa shape index (κ3) is 5.02. The fourth-order valence-corrected chi connectivity index (χ4v) is 3.50. The van der Waals surface area contributed by atoms with Gasteiger partial charge < -0.3 is 5.11 Å². The summed E-state index contributed by atoms with van der Waals surface area (Å²) in [7, 11) is -3.73. The second-order valence-electron chi connectivity index (χ2n) is 4.72. The van der Waals surface area contributed by atoms with Crippen molar-refractivity contribution in [3.8, 4) is 0 Å². The Morgan fingerprint density at radius 2 is 1.88 bits per heavy atom. The van der Waals surface area contributed by atoms with Crippen molar-refractivity contribution < 1.29 is 18.3 Å². The number of nitrogens with one attached hydrogen (secondary N) is 1. The van der Waals surface area contributed by atoms with Crippen LogP contribution in [0.3, 0.4) is 0 Å². The molecule has 2 rings (SSSR count). The second kappa shape index (κ2) is 7.74. The molecule has 2 aromatic rings. The number of sulfonamides is 1. The third-order valence-corrected chi connectivity index (χ3v) is 5.04. The summed E-state index contributed by atoms with van der Waals surface area (Å²) in [5.41, 5.74) is 1.11. The Morgan fingerprint density at radius 3 is 2.46 bits per heavy atom. The predicted molar refractivity (Wildman–Crippen MR) is 98.2 cm³/mol. The van der Waals surface area contributed by atoms with E-state index in [2.05, 4.69) is 4.72 Å². The van der Waals surface area contributed by atoms with Crippen LogP contribution in [0, 0.1) is 0 Å². The molecular formula is C16H14ClNO4S2. The fourth-order valence-electron chi connectivity index (χ4n) is 1.84. The number of carbonyl (C=O) groups is 1. The van der Waals surface area contributed by atoms with Crippen molar-refractivity contribution in [2.45, 2.75) is 4.90 Å². The Morgan fingerprint density at radius 1 is 1.21 bits per heavy atom. The minimum Gasteiger partial charge on any atom is -0.478 e. The molecule has 5 nitrogen and oxygen atoms in total. The lowest BCUT2D eigenvalue weighted by Crippen LogP contribution is -2.10. The van der Waals surface area contributed by atoms with Gasteiger partial charge in [-0.05, 0) is 48.2 Å². The predicted octanol–water partition coefficient (Wildman–Crippen LogP) is 4.17. The molecule has 8 heteroatoms. The lowest BCUT2D eigenvalue weighted by molar-refractivity contribution is 0.0696. The fraction of sp³-hybridized carbons (Fsp3) is 0.0625. The topological polar surface area (TPSA) is 83.5 Å². The van der Waals surface area contributed by atoms with Gasteiger partial charge in [-0.3, -0.25) is 4.72 Å². The standard InChI is InChI=1S/C16H14ClNO4S2/c1-23-15-10-12(16(19)20)4-7-14(15)18-24(21,22)9-8-11-2-5-13(17)6-3-11/h2-10,18H,1H3,(H,19,20). The number of carboxylic acid groups (broad SMARTS) is 1. The van der Waals surface area contributed by atoms with Gasteiger partial charge in [0.05, 0.1) is 16.7 Å². The van der Waals surface area contributed by atoms with Crippen LogP contribution in [0.15, 0.2) is 52.8 Å². The number of rotatable bonds is 6. The zero-order valence-corrected chi connectivity index (χ0v) is 15.0. The zero-order valence-electron chi connectivity index (χ0n) is 12.6. The highest BCUT2D eigenvalue weighted by molar-refractivity contribution is 7.99. The Kier molecular flexibility index (Phi) is 5.93. The molecule has 0 saturated carbocycles. The van der Waals surface area contributed by atoms with Crippen molar-refractivity contribution >= 4 is 51.1 Å². The third-order valence-electron chi connectivity index (χ3n) is 3.01. The van der Waals surface area contributed by atoms with E-state index in [1.165, 1.54) is 36.0 Å². The van der Waals surface area contributed by atoms with Gasteiger partial charge in [0, 0.05) is 9.92 Å². The molecule has 0 aromatic heterocycles. The van der Waals surface area contributed by atoms with Gasteiger partial charge in [-0.1, -0.05) is 23.7 Å². The van der Waals surface area contributed by atoms with Crippen LogP contribution < -0.4 is 4.72 Å². The molecule has 0 unspecified atom stereocenters. The van der Waals surface area contributed by atoms with E-state index in [-0.39, 0.29) is 5.56 Å². The van der Waals surface area contributed by atoms with Crippen LogP contribution >= 0.6 is 23.4 Å². The smallest absolute Gasteiger partial charge is 0.335 e. The van der Waals surface area contributed by atoms with E-state index in [0.29, 0.717) is 21.2 Å². The molecule has 0 heterocycles. The van der Waals surface area contributed by atoms with Gasteiger partial charge in [0.25, 0.3) is 10.0 Å². The van der Waals surface area contributed by atoms with Crippen LogP contribution in [-0.2, 0) is 10.0 Å². The van der Waals surface area contributed by atoms with E-state index >= 15 is 0 Å². The molecule has 0 atom stereocenters. The summed E-state index contributed by atoms with van der Waals surface area (Å²) >= 11 is 7.03. The molecule has 0 fully saturated rings. The van der Waals surface area contributed by atoms with Crippen LogP contribution in [-0.4, -0.2) is 25.7 Å². The maximum absolute atomic E-state index is 12.2. The summed E-state index contributed by atoms with van der Waals surface area (Å²) in [5, 5.41) is 10.6. The summed E-state index contributed by atoms with van der Waals surface area (Å²) in [4.78, 5) is 11.5. The highest BCUT2D eigenvalue weighted by Crippen LogP contribution is 2.27. The number of thioether (sulfide) groups is 1. The van der Waals surface area contributed by atoms with Crippen LogP contribution in [0.4, 0.5) is 5.69 Å². The van der Waals surface area contributed by atoms with Gasteiger partial charge in [0.1, 0.15) is 0 Å². The van der Waals surface area contributed by atoms with Gasteiger partial charge in [-0.25, -0.2) is 13.2 Å². The average Bonchev–Trinajstić information content (AvgIpc) is 2.54. The summed E-state index contributed by atoms with van der Waals surface area (Å²) in [6.45, 7) is 0. The van der Waals surface area contributed by atoms with E-state index in [1.807, 2.05) is 0 Å². The van der Waals surface area contributed by atoms with Gasteiger partial charge in [0.15, 0.2) is 0 Å². The highest BCUT2D eigenvalue weighted by atomic mass is 35.5. The van der Waals surface area contributed by atoms with Gasteiger partial charge in [-0.15, -0.1) is 11.8 Å². The number of aromatic carboxylic acids is 1. The summed E-state index contributed by atoms with van der Waals surface area (Å²) in [6.07, 6.45) is 3.19. The van der Waals surface area contributed by atoms with Crippen LogP contribution in [0.25, 0.3) is 6.08 Å². The Balaban J connectivity index is 2.22. The van der Waals surface area contributed by atoms with Crippen molar-refractivity contribution in [1.29, 1.82) is 0 Å². The minimum absolute atomic E-state index is 0.0963. The van der Waals surface area contributed by atoms with Crippen molar-refractivity contribution in [2.24, 2.45) is 0 Å². The van der Waals surface area contributed by atoms with E-state index in [1.54, 1.807) is 30.5 Å². The molecule has 2 aromatic carbocycles. The first kappa shape index (κ1) is 18.4. The summed E-state index contributed by atoms with van der Waals surface area (Å²) in [6, 6.07) is 10.9. The SMILES string of the molecule is CSc1cc(C(=O)O)ccc1NS(=O)(=O)C=Cc1ccc(Cl)cc1. The first-order valence-corrected chi connectivity index (χ1v) is 9.83. The monoisotopic (exact) mass is 383 g/mol.